The summed E-state index contributed by atoms with van der Waals surface area (Å²) in [6, 6.07) is 12.0. The van der Waals surface area contributed by atoms with Gasteiger partial charge >= 0.3 is 0 Å². The molecular formula is C19H21BrN2O3. The number of fused-ring (bicyclic) bond motifs is 1. The summed E-state index contributed by atoms with van der Waals surface area (Å²) < 4.78 is 6.71. The molecule has 5 nitrogen and oxygen atoms in total. The van der Waals surface area contributed by atoms with Crippen LogP contribution < -0.4 is 10.1 Å². The number of piperidine rings is 1. The van der Waals surface area contributed by atoms with Crippen molar-refractivity contribution in [1.82, 2.24) is 10.2 Å². The Morgan fingerprint density at radius 2 is 1.84 bits per heavy atom. The van der Waals surface area contributed by atoms with Gasteiger partial charge in [-0.3, -0.25) is 9.59 Å². The van der Waals surface area contributed by atoms with Crippen molar-refractivity contribution in [2.24, 2.45) is 0 Å². The summed E-state index contributed by atoms with van der Waals surface area (Å²) in [5.74, 6) is 0.657. The van der Waals surface area contributed by atoms with Gasteiger partial charge in [0, 0.05) is 30.5 Å². The second kappa shape index (κ2) is 7.87. The molecule has 0 radical (unpaired) electrons. The second-order valence-electron chi connectivity index (χ2n) is 6.30. The van der Waals surface area contributed by atoms with Crippen molar-refractivity contribution in [2.75, 3.05) is 19.7 Å². The number of rotatable bonds is 4. The lowest BCUT2D eigenvalue weighted by molar-refractivity contribution is -0.134. The third kappa shape index (κ3) is 4.72. The van der Waals surface area contributed by atoms with Crippen LogP contribution in [0.5, 0.6) is 5.75 Å². The van der Waals surface area contributed by atoms with Gasteiger partial charge in [-0.15, -0.1) is 0 Å². The molecule has 2 amide bonds. The molecule has 0 unspecified atom stereocenters. The van der Waals surface area contributed by atoms with Gasteiger partial charge < -0.3 is 15.0 Å². The quantitative estimate of drug-likeness (QED) is 0.851. The highest BCUT2D eigenvalue weighted by Crippen LogP contribution is 2.24. The average molecular weight is 405 g/mol. The normalized spacial score (nSPS) is 15.2. The number of halogens is 1. The minimum atomic E-state index is -0.0172. The summed E-state index contributed by atoms with van der Waals surface area (Å²) >= 11 is 3.46. The first kappa shape index (κ1) is 17.7. The summed E-state index contributed by atoms with van der Waals surface area (Å²) in [5, 5.41) is 5.10. The van der Waals surface area contributed by atoms with E-state index in [9.17, 15) is 9.59 Å². The molecule has 132 valence electrons. The van der Waals surface area contributed by atoms with E-state index in [1.54, 1.807) is 4.90 Å². The van der Waals surface area contributed by atoms with E-state index in [-0.39, 0.29) is 24.5 Å². The zero-order valence-electron chi connectivity index (χ0n) is 14.1. The topological polar surface area (TPSA) is 58.6 Å². The standard InChI is InChI=1S/C19H21BrN2O3/c1-13(23)21-17-6-8-22(9-7-17)19(24)12-25-18-5-3-14-10-16(20)4-2-15(14)11-18/h2-5,10-11,17H,6-9,12H2,1H3,(H,21,23). The molecule has 1 aliphatic heterocycles. The molecule has 1 aliphatic rings. The maximum Gasteiger partial charge on any atom is 0.260 e. The number of carbonyl (C=O) groups excluding carboxylic acids is 2. The Bertz CT molecular complexity index is 785. The molecule has 0 spiro atoms. The zero-order valence-corrected chi connectivity index (χ0v) is 15.7. The van der Waals surface area contributed by atoms with Gasteiger partial charge in [0.1, 0.15) is 5.75 Å². The molecule has 2 aromatic carbocycles. The van der Waals surface area contributed by atoms with Crippen LogP contribution in [-0.2, 0) is 9.59 Å². The molecule has 25 heavy (non-hydrogen) atoms. The third-order valence-corrected chi connectivity index (χ3v) is 4.88. The molecule has 1 N–H and O–H groups in total. The molecular weight excluding hydrogens is 384 g/mol. The van der Waals surface area contributed by atoms with Crippen molar-refractivity contribution in [3.05, 3.63) is 40.9 Å². The van der Waals surface area contributed by atoms with Gasteiger partial charge in [0.05, 0.1) is 0 Å². The minimum absolute atomic E-state index is 0.0165. The maximum atomic E-state index is 12.3. The molecule has 0 atom stereocenters. The molecule has 3 rings (SSSR count). The Hall–Kier alpha value is -2.08. The van der Waals surface area contributed by atoms with Gasteiger partial charge in [-0.25, -0.2) is 0 Å². The molecule has 2 aromatic rings. The van der Waals surface area contributed by atoms with E-state index in [1.165, 1.54) is 6.92 Å². The lowest BCUT2D eigenvalue weighted by Gasteiger charge is -2.32. The highest BCUT2D eigenvalue weighted by atomic mass is 79.9. The minimum Gasteiger partial charge on any atom is -0.484 e. The van der Waals surface area contributed by atoms with Crippen molar-refractivity contribution in [3.8, 4) is 5.75 Å². The van der Waals surface area contributed by atoms with Crippen molar-refractivity contribution >= 4 is 38.5 Å². The van der Waals surface area contributed by atoms with Gasteiger partial charge in [-0.1, -0.05) is 28.1 Å². The summed E-state index contributed by atoms with van der Waals surface area (Å²) in [7, 11) is 0. The molecule has 0 saturated carbocycles. The van der Waals surface area contributed by atoms with Crippen LogP contribution in [0.25, 0.3) is 10.8 Å². The summed E-state index contributed by atoms with van der Waals surface area (Å²) in [6.45, 7) is 2.86. The highest BCUT2D eigenvalue weighted by molar-refractivity contribution is 9.10. The van der Waals surface area contributed by atoms with Crippen LogP contribution >= 0.6 is 15.9 Å². The first-order valence-electron chi connectivity index (χ1n) is 8.38. The fourth-order valence-electron chi connectivity index (χ4n) is 3.08. The van der Waals surface area contributed by atoms with Crippen molar-refractivity contribution in [3.63, 3.8) is 0 Å². The van der Waals surface area contributed by atoms with Crippen molar-refractivity contribution in [1.29, 1.82) is 0 Å². The van der Waals surface area contributed by atoms with E-state index in [0.29, 0.717) is 18.8 Å². The fraction of sp³-hybridized carbons (Fsp3) is 0.368. The number of likely N-dealkylation sites (tertiary alicyclic amines) is 1. The molecule has 0 bridgehead atoms. The summed E-state index contributed by atoms with van der Waals surface area (Å²) in [4.78, 5) is 25.2. The van der Waals surface area contributed by atoms with Gasteiger partial charge in [0.2, 0.25) is 5.91 Å². The number of ether oxygens (including phenoxy) is 1. The lowest BCUT2D eigenvalue weighted by atomic mass is 10.1. The largest absolute Gasteiger partial charge is 0.484 e. The number of nitrogens with zero attached hydrogens (tertiary/aromatic N) is 1. The Kier molecular flexibility index (Phi) is 5.58. The fourth-order valence-corrected chi connectivity index (χ4v) is 3.46. The molecule has 1 heterocycles. The SMILES string of the molecule is CC(=O)NC1CCN(C(=O)COc2ccc3cc(Br)ccc3c2)CC1. The Balaban J connectivity index is 1.52. The smallest absolute Gasteiger partial charge is 0.260 e. The monoisotopic (exact) mass is 404 g/mol. The number of hydrogen-bond acceptors (Lipinski definition) is 3. The predicted octanol–water partition coefficient (Wildman–Crippen LogP) is 3.11. The highest BCUT2D eigenvalue weighted by Gasteiger charge is 2.23. The van der Waals surface area contributed by atoms with Crippen LogP contribution in [0.1, 0.15) is 19.8 Å². The maximum absolute atomic E-state index is 12.3. The molecule has 0 aromatic heterocycles. The average Bonchev–Trinajstić information content (AvgIpc) is 2.59. The van der Waals surface area contributed by atoms with Crippen molar-refractivity contribution < 1.29 is 14.3 Å². The van der Waals surface area contributed by atoms with Crippen LogP contribution in [0.3, 0.4) is 0 Å². The Morgan fingerprint density at radius 3 is 2.56 bits per heavy atom. The van der Waals surface area contributed by atoms with Crippen LogP contribution in [0.4, 0.5) is 0 Å². The number of hydrogen-bond donors (Lipinski definition) is 1. The lowest BCUT2D eigenvalue weighted by Crippen LogP contribution is -2.47. The van der Waals surface area contributed by atoms with Gasteiger partial charge in [-0.2, -0.15) is 0 Å². The third-order valence-electron chi connectivity index (χ3n) is 4.39. The first-order chi connectivity index (χ1) is 12.0. The van der Waals surface area contributed by atoms with Crippen LogP contribution in [-0.4, -0.2) is 42.5 Å². The van der Waals surface area contributed by atoms with E-state index >= 15 is 0 Å². The van der Waals surface area contributed by atoms with E-state index in [0.717, 1.165) is 28.1 Å². The predicted molar refractivity (Wildman–Crippen MR) is 101 cm³/mol. The molecule has 1 fully saturated rings. The van der Waals surface area contributed by atoms with Gasteiger partial charge in [0.25, 0.3) is 5.91 Å². The second-order valence-corrected chi connectivity index (χ2v) is 7.21. The zero-order chi connectivity index (χ0) is 17.8. The van der Waals surface area contributed by atoms with Crippen molar-refractivity contribution in [2.45, 2.75) is 25.8 Å². The number of benzene rings is 2. The van der Waals surface area contributed by atoms with E-state index in [1.807, 2.05) is 36.4 Å². The number of amides is 2. The van der Waals surface area contributed by atoms with Gasteiger partial charge in [0.15, 0.2) is 6.61 Å². The number of carbonyl (C=O) groups is 2. The van der Waals surface area contributed by atoms with Crippen LogP contribution in [0.15, 0.2) is 40.9 Å². The summed E-state index contributed by atoms with van der Waals surface area (Å²) in [6.07, 6.45) is 1.58. The van der Waals surface area contributed by atoms with Crippen LogP contribution in [0.2, 0.25) is 0 Å². The van der Waals surface area contributed by atoms with Gasteiger partial charge in [-0.05, 0) is 47.9 Å². The molecule has 0 aliphatic carbocycles. The summed E-state index contributed by atoms with van der Waals surface area (Å²) in [5.41, 5.74) is 0. The van der Waals surface area contributed by atoms with E-state index in [4.69, 9.17) is 4.74 Å². The van der Waals surface area contributed by atoms with Crippen LogP contribution in [0, 0.1) is 0 Å². The first-order valence-corrected chi connectivity index (χ1v) is 9.17. The van der Waals surface area contributed by atoms with E-state index < -0.39 is 0 Å². The molecule has 6 heteroatoms. The Morgan fingerprint density at radius 1 is 1.16 bits per heavy atom. The molecule has 1 saturated heterocycles. The number of nitrogens with one attached hydrogen (secondary N) is 1. The Labute approximate surface area is 155 Å². The van der Waals surface area contributed by atoms with E-state index in [2.05, 4.69) is 21.2 Å².